The summed E-state index contributed by atoms with van der Waals surface area (Å²) < 4.78 is 2.01. The molecule has 0 aliphatic rings. The highest BCUT2D eigenvalue weighted by molar-refractivity contribution is 7.98. The second-order valence-corrected chi connectivity index (χ2v) is 5.61. The minimum atomic E-state index is 0.544. The molecule has 0 radical (unpaired) electrons. The average molecular weight is 255 g/mol. The molecule has 0 saturated heterocycles. The zero-order valence-corrected chi connectivity index (χ0v) is 12.5. The van der Waals surface area contributed by atoms with Gasteiger partial charge in [0, 0.05) is 25.2 Å². The minimum Gasteiger partial charge on any atom is -0.314 e. The Morgan fingerprint density at radius 3 is 2.71 bits per heavy atom. The lowest BCUT2D eigenvalue weighted by Crippen LogP contribution is -2.38. The summed E-state index contributed by atoms with van der Waals surface area (Å²) in [5.41, 5.74) is 2.43. The third kappa shape index (κ3) is 4.36. The van der Waals surface area contributed by atoms with Gasteiger partial charge in [-0.15, -0.1) is 0 Å². The van der Waals surface area contributed by atoms with Gasteiger partial charge in [-0.25, -0.2) is 0 Å². The fourth-order valence-corrected chi connectivity index (χ4v) is 2.95. The molecule has 0 spiro atoms. The highest BCUT2D eigenvalue weighted by Crippen LogP contribution is 2.15. The van der Waals surface area contributed by atoms with E-state index in [-0.39, 0.29) is 0 Å². The maximum atomic E-state index is 4.41. The number of nitrogens with one attached hydrogen (secondary N) is 1. The van der Waals surface area contributed by atoms with E-state index in [0.29, 0.717) is 12.0 Å². The number of aromatic nitrogens is 2. The molecule has 0 fully saturated rings. The van der Waals surface area contributed by atoms with E-state index in [0.717, 1.165) is 18.7 Å². The molecule has 0 bridgehead atoms. The molecule has 1 rings (SSSR count). The predicted molar refractivity (Wildman–Crippen MR) is 76.7 cm³/mol. The zero-order valence-electron chi connectivity index (χ0n) is 11.7. The van der Waals surface area contributed by atoms with Crippen LogP contribution >= 0.6 is 11.8 Å². The number of hydrogen-bond donors (Lipinski definition) is 1. The largest absolute Gasteiger partial charge is 0.314 e. The Labute approximate surface area is 109 Å². The van der Waals surface area contributed by atoms with Crippen molar-refractivity contribution in [2.45, 2.75) is 33.2 Å². The van der Waals surface area contributed by atoms with E-state index in [4.69, 9.17) is 0 Å². The lowest BCUT2D eigenvalue weighted by atomic mass is 9.99. The van der Waals surface area contributed by atoms with E-state index in [1.165, 1.54) is 11.4 Å². The number of likely N-dealkylation sites (N-methyl/N-ethyl adjacent to an activating group) is 1. The maximum absolute atomic E-state index is 4.41. The standard InChI is InChI=1S/C13H25N3S/c1-6-14-13(10(2)9-17-5)8-12-7-11(3)15-16(12)4/h7,10,13-14H,6,8-9H2,1-5H3. The van der Waals surface area contributed by atoms with Crippen molar-refractivity contribution in [2.24, 2.45) is 13.0 Å². The molecule has 3 nitrogen and oxygen atoms in total. The first kappa shape index (κ1) is 14.6. The summed E-state index contributed by atoms with van der Waals surface area (Å²) in [6, 6.07) is 2.73. The Hall–Kier alpha value is -0.480. The van der Waals surface area contributed by atoms with E-state index >= 15 is 0 Å². The van der Waals surface area contributed by atoms with E-state index in [1.807, 2.05) is 23.5 Å². The van der Waals surface area contributed by atoms with Crippen LogP contribution in [0, 0.1) is 12.8 Å². The Bertz CT molecular complexity index is 335. The molecule has 0 aliphatic heterocycles. The van der Waals surface area contributed by atoms with Crippen molar-refractivity contribution in [3.05, 3.63) is 17.5 Å². The van der Waals surface area contributed by atoms with Gasteiger partial charge in [-0.05, 0) is 37.5 Å². The highest BCUT2D eigenvalue weighted by Gasteiger charge is 2.18. The van der Waals surface area contributed by atoms with Crippen LogP contribution in [0.4, 0.5) is 0 Å². The third-order valence-electron chi connectivity index (χ3n) is 3.11. The van der Waals surface area contributed by atoms with Crippen molar-refractivity contribution >= 4 is 11.8 Å². The Kier molecular flexibility index (Phi) is 6.06. The van der Waals surface area contributed by atoms with Crippen LogP contribution in [0.5, 0.6) is 0 Å². The molecule has 1 aromatic rings. The van der Waals surface area contributed by atoms with Gasteiger partial charge < -0.3 is 5.32 Å². The van der Waals surface area contributed by atoms with Gasteiger partial charge in [0.2, 0.25) is 0 Å². The van der Waals surface area contributed by atoms with Crippen molar-refractivity contribution < 1.29 is 0 Å². The molecule has 0 aromatic carbocycles. The van der Waals surface area contributed by atoms with E-state index < -0.39 is 0 Å². The SMILES string of the molecule is CCNC(Cc1cc(C)nn1C)C(C)CSC. The van der Waals surface area contributed by atoms with Crippen LogP contribution in [0.1, 0.15) is 25.2 Å². The van der Waals surface area contributed by atoms with Crippen LogP contribution in [0.2, 0.25) is 0 Å². The molecule has 1 heterocycles. The van der Waals surface area contributed by atoms with Gasteiger partial charge >= 0.3 is 0 Å². The quantitative estimate of drug-likeness (QED) is 0.810. The minimum absolute atomic E-state index is 0.544. The second kappa shape index (κ2) is 7.07. The third-order valence-corrected chi connectivity index (χ3v) is 3.97. The first-order valence-electron chi connectivity index (χ1n) is 6.30. The van der Waals surface area contributed by atoms with Gasteiger partial charge in [-0.2, -0.15) is 16.9 Å². The number of hydrogen-bond acceptors (Lipinski definition) is 3. The summed E-state index contributed by atoms with van der Waals surface area (Å²) in [6.45, 7) is 7.58. The van der Waals surface area contributed by atoms with Gasteiger partial charge in [0.1, 0.15) is 0 Å². The van der Waals surface area contributed by atoms with Crippen LogP contribution in [0.15, 0.2) is 6.07 Å². The molecule has 4 heteroatoms. The molecule has 0 saturated carbocycles. The fraction of sp³-hybridized carbons (Fsp3) is 0.769. The number of nitrogens with zero attached hydrogens (tertiary/aromatic N) is 2. The summed E-state index contributed by atoms with van der Waals surface area (Å²) in [4.78, 5) is 0. The van der Waals surface area contributed by atoms with Crippen LogP contribution in [-0.2, 0) is 13.5 Å². The van der Waals surface area contributed by atoms with Gasteiger partial charge in [0.05, 0.1) is 5.69 Å². The lowest BCUT2D eigenvalue weighted by Gasteiger charge is -2.24. The normalized spacial score (nSPS) is 14.9. The monoisotopic (exact) mass is 255 g/mol. The first-order chi connectivity index (χ1) is 8.08. The Morgan fingerprint density at radius 2 is 2.24 bits per heavy atom. The summed E-state index contributed by atoms with van der Waals surface area (Å²) in [5, 5.41) is 8.01. The molecule has 2 unspecified atom stereocenters. The summed E-state index contributed by atoms with van der Waals surface area (Å²) >= 11 is 1.92. The van der Waals surface area contributed by atoms with E-state index in [2.05, 4.69) is 43.5 Å². The Morgan fingerprint density at radius 1 is 1.53 bits per heavy atom. The van der Waals surface area contributed by atoms with Crippen molar-refractivity contribution in [2.75, 3.05) is 18.6 Å². The van der Waals surface area contributed by atoms with Crippen molar-refractivity contribution in [1.29, 1.82) is 0 Å². The maximum Gasteiger partial charge on any atom is 0.0596 e. The molecule has 0 aliphatic carbocycles. The second-order valence-electron chi connectivity index (χ2n) is 4.70. The smallest absolute Gasteiger partial charge is 0.0596 e. The predicted octanol–water partition coefficient (Wildman–Crippen LogP) is 2.25. The van der Waals surface area contributed by atoms with Crippen molar-refractivity contribution in [3.63, 3.8) is 0 Å². The summed E-state index contributed by atoms with van der Waals surface area (Å²) in [5.74, 6) is 1.88. The Balaban J connectivity index is 2.68. The first-order valence-corrected chi connectivity index (χ1v) is 7.69. The topological polar surface area (TPSA) is 29.9 Å². The molecule has 2 atom stereocenters. The van der Waals surface area contributed by atoms with Crippen LogP contribution in [0.3, 0.4) is 0 Å². The van der Waals surface area contributed by atoms with Crippen molar-refractivity contribution in [3.8, 4) is 0 Å². The molecular weight excluding hydrogens is 230 g/mol. The van der Waals surface area contributed by atoms with E-state index in [9.17, 15) is 0 Å². The van der Waals surface area contributed by atoms with E-state index in [1.54, 1.807) is 0 Å². The average Bonchev–Trinajstić information content (AvgIpc) is 2.57. The van der Waals surface area contributed by atoms with Crippen LogP contribution in [-0.4, -0.2) is 34.4 Å². The van der Waals surface area contributed by atoms with Gasteiger partial charge in [-0.1, -0.05) is 13.8 Å². The van der Waals surface area contributed by atoms with Gasteiger partial charge in [0.15, 0.2) is 0 Å². The molecule has 0 amide bonds. The number of aryl methyl sites for hydroxylation is 2. The van der Waals surface area contributed by atoms with Gasteiger partial charge in [-0.3, -0.25) is 4.68 Å². The van der Waals surface area contributed by atoms with Crippen LogP contribution in [0.25, 0.3) is 0 Å². The molecule has 1 N–H and O–H groups in total. The zero-order chi connectivity index (χ0) is 12.8. The number of thioether (sulfide) groups is 1. The molecular formula is C13H25N3S. The van der Waals surface area contributed by atoms with Crippen LogP contribution < -0.4 is 5.32 Å². The molecule has 98 valence electrons. The molecule has 17 heavy (non-hydrogen) atoms. The highest BCUT2D eigenvalue weighted by atomic mass is 32.2. The number of rotatable bonds is 7. The summed E-state index contributed by atoms with van der Waals surface area (Å²) in [6.07, 6.45) is 3.24. The van der Waals surface area contributed by atoms with Crippen molar-refractivity contribution in [1.82, 2.24) is 15.1 Å². The molecule has 1 aromatic heterocycles. The van der Waals surface area contributed by atoms with Gasteiger partial charge in [0.25, 0.3) is 0 Å². The summed E-state index contributed by atoms with van der Waals surface area (Å²) in [7, 11) is 2.03. The fourth-order valence-electron chi connectivity index (χ4n) is 2.20. The lowest BCUT2D eigenvalue weighted by molar-refractivity contribution is 0.402.